The molecule has 1 saturated carbocycles. The second kappa shape index (κ2) is 5.70. The molecule has 1 aliphatic carbocycles. The van der Waals surface area contributed by atoms with Gasteiger partial charge in [0.1, 0.15) is 0 Å². The first-order valence-corrected chi connectivity index (χ1v) is 6.96. The molecule has 0 bridgehead atoms. The van der Waals surface area contributed by atoms with Crippen molar-refractivity contribution in [2.24, 2.45) is 11.1 Å². The fourth-order valence-corrected chi connectivity index (χ4v) is 2.82. The van der Waals surface area contributed by atoms with Gasteiger partial charge in [-0.2, -0.15) is 0 Å². The molecule has 4 nitrogen and oxygen atoms in total. The molecule has 19 heavy (non-hydrogen) atoms. The van der Waals surface area contributed by atoms with Crippen LogP contribution in [0.5, 0.6) is 0 Å². The second-order valence-corrected chi connectivity index (χ2v) is 6.17. The third-order valence-electron chi connectivity index (χ3n) is 3.83. The number of nitrogens with zero attached hydrogens (tertiary/aromatic N) is 1. The molecule has 1 aliphatic rings. The smallest absolute Gasteiger partial charge is 0.251 e. The van der Waals surface area contributed by atoms with Crippen molar-refractivity contribution < 1.29 is 4.79 Å². The number of nitrogens with two attached hydrogens (primary N) is 1. The SMILES string of the molecule is CC1(C)CCCC(NC(=O)c2ccnc(CN)c2)C1. The molecule has 1 atom stereocenters. The lowest BCUT2D eigenvalue weighted by Crippen LogP contribution is -2.40. The number of pyridine rings is 1. The summed E-state index contributed by atoms with van der Waals surface area (Å²) in [4.78, 5) is 16.3. The number of rotatable bonds is 3. The molecule has 1 heterocycles. The van der Waals surface area contributed by atoms with Crippen LogP contribution in [0.2, 0.25) is 0 Å². The van der Waals surface area contributed by atoms with Gasteiger partial charge < -0.3 is 11.1 Å². The van der Waals surface area contributed by atoms with E-state index in [0.717, 1.165) is 18.5 Å². The number of carbonyl (C=O) groups excluding carboxylic acids is 1. The standard InChI is InChI=1S/C15H23N3O/c1-15(2)6-3-4-12(9-15)18-14(19)11-5-7-17-13(8-11)10-16/h5,7-8,12H,3-4,6,9-10,16H2,1-2H3,(H,18,19). The van der Waals surface area contributed by atoms with Crippen molar-refractivity contribution in [1.82, 2.24) is 10.3 Å². The molecule has 104 valence electrons. The van der Waals surface area contributed by atoms with Crippen molar-refractivity contribution in [3.8, 4) is 0 Å². The molecule has 0 saturated heterocycles. The van der Waals surface area contributed by atoms with Crippen LogP contribution in [0.15, 0.2) is 18.3 Å². The van der Waals surface area contributed by atoms with E-state index in [1.54, 1.807) is 18.3 Å². The normalized spacial score (nSPS) is 21.9. The van der Waals surface area contributed by atoms with E-state index in [4.69, 9.17) is 5.73 Å². The lowest BCUT2D eigenvalue weighted by molar-refractivity contribution is 0.0902. The zero-order valence-electron chi connectivity index (χ0n) is 11.8. The van der Waals surface area contributed by atoms with Gasteiger partial charge >= 0.3 is 0 Å². The van der Waals surface area contributed by atoms with Gasteiger partial charge in [-0.3, -0.25) is 9.78 Å². The highest BCUT2D eigenvalue weighted by Gasteiger charge is 2.28. The summed E-state index contributed by atoms with van der Waals surface area (Å²) in [5.41, 5.74) is 7.27. The van der Waals surface area contributed by atoms with Gasteiger partial charge in [0.15, 0.2) is 0 Å². The number of nitrogens with one attached hydrogen (secondary N) is 1. The molecule has 1 aromatic heterocycles. The van der Waals surface area contributed by atoms with Crippen LogP contribution in [0.3, 0.4) is 0 Å². The van der Waals surface area contributed by atoms with E-state index >= 15 is 0 Å². The van der Waals surface area contributed by atoms with E-state index in [1.807, 2.05) is 0 Å². The van der Waals surface area contributed by atoms with Crippen molar-refractivity contribution in [1.29, 1.82) is 0 Å². The Morgan fingerprint density at radius 2 is 2.37 bits per heavy atom. The third-order valence-corrected chi connectivity index (χ3v) is 3.83. The van der Waals surface area contributed by atoms with Crippen LogP contribution in [0.25, 0.3) is 0 Å². The van der Waals surface area contributed by atoms with E-state index in [2.05, 4.69) is 24.1 Å². The van der Waals surface area contributed by atoms with Gasteiger partial charge in [0.25, 0.3) is 5.91 Å². The Morgan fingerprint density at radius 1 is 1.58 bits per heavy atom. The zero-order chi connectivity index (χ0) is 13.9. The summed E-state index contributed by atoms with van der Waals surface area (Å²) >= 11 is 0. The highest BCUT2D eigenvalue weighted by atomic mass is 16.1. The molecular weight excluding hydrogens is 238 g/mol. The third kappa shape index (κ3) is 3.77. The molecule has 1 amide bonds. The number of amides is 1. The first-order valence-electron chi connectivity index (χ1n) is 6.96. The summed E-state index contributed by atoms with van der Waals surface area (Å²) in [6, 6.07) is 3.79. The van der Waals surface area contributed by atoms with E-state index < -0.39 is 0 Å². The predicted molar refractivity (Wildman–Crippen MR) is 75.6 cm³/mol. The number of aromatic nitrogens is 1. The topological polar surface area (TPSA) is 68.0 Å². The van der Waals surface area contributed by atoms with E-state index in [9.17, 15) is 4.79 Å². The van der Waals surface area contributed by atoms with Gasteiger partial charge in [0.2, 0.25) is 0 Å². The van der Waals surface area contributed by atoms with Crippen molar-refractivity contribution in [2.45, 2.75) is 52.1 Å². The number of hydrogen-bond acceptors (Lipinski definition) is 3. The Labute approximate surface area is 114 Å². The quantitative estimate of drug-likeness (QED) is 0.876. The first kappa shape index (κ1) is 14.0. The molecule has 0 spiro atoms. The molecule has 1 aromatic rings. The molecule has 1 unspecified atom stereocenters. The van der Waals surface area contributed by atoms with Gasteiger partial charge in [-0.25, -0.2) is 0 Å². The molecule has 1 fully saturated rings. The van der Waals surface area contributed by atoms with Gasteiger partial charge in [-0.05, 0) is 36.8 Å². The number of hydrogen-bond donors (Lipinski definition) is 2. The largest absolute Gasteiger partial charge is 0.349 e. The number of carbonyl (C=O) groups is 1. The lowest BCUT2D eigenvalue weighted by Gasteiger charge is -2.35. The van der Waals surface area contributed by atoms with Crippen LogP contribution in [-0.2, 0) is 6.54 Å². The fourth-order valence-electron chi connectivity index (χ4n) is 2.82. The Kier molecular flexibility index (Phi) is 4.20. The van der Waals surface area contributed by atoms with Crippen molar-refractivity contribution in [3.05, 3.63) is 29.6 Å². The van der Waals surface area contributed by atoms with Gasteiger partial charge in [0, 0.05) is 24.3 Å². The molecule has 0 radical (unpaired) electrons. The predicted octanol–water partition coefficient (Wildman–Crippen LogP) is 2.24. The van der Waals surface area contributed by atoms with Crippen LogP contribution < -0.4 is 11.1 Å². The van der Waals surface area contributed by atoms with Crippen molar-refractivity contribution in [3.63, 3.8) is 0 Å². The minimum Gasteiger partial charge on any atom is -0.349 e. The van der Waals surface area contributed by atoms with Crippen LogP contribution in [0, 0.1) is 5.41 Å². The summed E-state index contributed by atoms with van der Waals surface area (Å²) in [5.74, 6) is -0.0141. The summed E-state index contributed by atoms with van der Waals surface area (Å²) in [6.45, 7) is 4.89. The van der Waals surface area contributed by atoms with Crippen LogP contribution in [-0.4, -0.2) is 16.9 Å². The first-order chi connectivity index (χ1) is 9.00. The maximum atomic E-state index is 12.2. The molecule has 2 rings (SSSR count). The Hall–Kier alpha value is -1.42. The van der Waals surface area contributed by atoms with Gasteiger partial charge in [-0.15, -0.1) is 0 Å². The Balaban J connectivity index is 2.00. The summed E-state index contributed by atoms with van der Waals surface area (Å²) in [7, 11) is 0. The molecule has 0 aliphatic heterocycles. The van der Waals surface area contributed by atoms with Gasteiger partial charge in [-0.1, -0.05) is 20.3 Å². The second-order valence-electron chi connectivity index (χ2n) is 6.17. The average molecular weight is 261 g/mol. The van der Waals surface area contributed by atoms with E-state index in [-0.39, 0.29) is 11.9 Å². The minimum atomic E-state index is -0.0141. The molecule has 4 heteroatoms. The van der Waals surface area contributed by atoms with Gasteiger partial charge in [0.05, 0.1) is 5.69 Å². The van der Waals surface area contributed by atoms with Crippen LogP contribution >= 0.6 is 0 Å². The summed E-state index contributed by atoms with van der Waals surface area (Å²) in [5, 5.41) is 3.13. The molecule has 0 aromatic carbocycles. The summed E-state index contributed by atoms with van der Waals surface area (Å²) < 4.78 is 0. The van der Waals surface area contributed by atoms with Crippen LogP contribution in [0.4, 0.5) is 0 Å². The fraction of sp³-hybridized carbons (Fsp3) is 0.600. The zero-order valence-corrected chi connectivity index (χ0v) is 11.8. The van der Waals surface area contributed by atoms with E-state index in [1.165, 1.54) is 12.8 Å². The van der Waals surface area contributed by atoms with Crippen molar-refractivity contribution in [2.75, 3.05) is 0 Å². The monoisotopic (exact) mass is 261 g/mol. The average Bonchev–Trinajstić information content (AvgIpc) is 2.37. The Bertz CT molecular complexity index is 456. The van der Waals surface area contributed by atoms with Crippen molar-refractivity contribution >= 4 is 5.91 Å². The lowest BCUT2D eigenvalue weighted by atomic mass is 9.75. The minimum absolute atomic E-state index is 0.0141. The molecular formula is C15H23N3O. The highest BCUT2D eigenvalue weighted by Crippen LogP contribution is 2.35. The molecule has 3 N–H and O–H groups in total. The maximum absolute atomic E-state index is 12.2. The highest BCUT2D eigenvalue weighted by molar-refractivity contribution is 5.94. The summed E-state index contributed by atoms with van der Waals surface area (Å²) in [6.07, 6.45) is 6.19. The Morgan fingerprint density at radius 3 is 3.05 bits per heavy atom. The maximum Gasteiger partial charge on any atom is 0.251 e. The van der Waals surface area contributed by atoms with E-state index in [0.29, 0.717) is 17.5 Å². The van der Waals surface area contributed by atoms with Crippen LogP contribution in [0.1, 0.15) is 55.6 Å².